The lowest BCUT2D eigenvalue weighted by molar-refractivity contribution is -0.143. The third-order valence-electron chi connectivity index (χ3n) is 4.84. The van der Waals surface area contributed by atoms with Crippen LogP contribution in [0.1, 0.15) is 39.0 Å². The SMILES string of the molecule is COC1CCN(C(=O)C2(CN)CCC(C)CC2)C1. The fourth-order valence-corrected chi connectivity index (χ4v) is 3.26. The van der Waals surface area contributed by atoms with Crippen LogP contribution in [0.2, 0.25) is 0 Å². The summed E-state index contributed by atoms with van der Waals surface area (Å²) in [4.78, 5) is 14.7. The number of hydrogen-bond acceptors (Lipinski definition) is 3. The normalized spacial score (nSPS) is 36.9. The number of methoxy groups -OCH3 is 1. The second-order valence-corrected chi connectivity index (χ2v) is 6.06. The van der Waals surface area contributed by atoms with Gasteiger partial charge in [0.25, 0.3) is 0 Å². The topological polar surface area (TPSA) is 55.6 Å². The van der Waals surface area contributed by atoms with E-state index in [2.05, 4.69) is 6.92 Å². The Morgan fingerprint density at radius 3 is 2.56 bits per heavy atom. The summed E-state index contributed by atoms with van der Waals surface area (Å²) >= 11 is 0. The first-order valence-corrected chi connectivity index (χ1v) is 7.13. The Kier molecular flexibility index (Phi) is 4.28. The van der Waals surface area contributed by atoms with Crippen LogP contribution in [0.15, 0.2) is 0 Å². The average molecular weight is 254 g/mol. The highest BCUT2D eigenvalue weighted by atomic mass is 16.5. The van der Waals surface area contributed by atoms with Crippen molar-refractivity contribution < 1.29 is 9.53 Å². The van der Waals surface area contributed by atoms with E-state index in [-0.39, 0.29) is 17.4 Å². The maximum atomic E-state index is 12.7. The highest BCUT2D eigenvalue weighted by Crippen LogP contribution is 2.40. The van der Waals surface area contributed by atoms with E-state index in [4.69, 9.17) is 10.5 Å². The molecule has 1 saturated heterocycles. The predicted molar refractivity (Wildman–Crippen MR) is 71.1 cm³/mol. The molecule has 4 nitrogen and oxygen atoms in total. The van der Waals surface area contributed by atoms with E-state index in [0.29, 0.717) is 6.54 Å². The number of nitrogens with two attached hydrogens (primary N) is 1. The monoisotopic (exact) mass is 254 g/mol. The quantitative estimate of drug-likeness (QED) is 0.828. The molecular weight excluding hydrogens is 228 g/mol. The van der Waals surface area contributed by atoms with Crippen LogP contribution in [0.3, 0.4) is 0 Å². The first-order valence-electron chi connectivity index (χ1n) is 7.13. The Bertz CT molecular complexity index is 298. The van der Waals surface area contributed by atoms with Crippen molar-refractivity contribution in [2.45, 2.75) is 45.1 Å². The van der Waals surface area contributed by atoms with Crippen molar-refractivity contribution in [3.8, 4) is 0 Å². The van der Waals surface area contributed by atoms with Gasteiger partial charge in [-0.05, 0) is 38.0 Å². The predicted octanol–water partition coefficient (Wildman–Crippen LogP) is 1.39. The second-order valence-electron chi connectivity index (χ2n) is 6.06. The van der Waals surface area contributed by atoms with Crippen molar-refractivity contribution in [1.82, 2.24) is 4.90 Å². The summed E-state index contributed by atoms with van der Waals surface area (Å²) in [7, 11) is 1.72. The fourth-order valence-electron chi connectivity index (χ4n) is 3.26. The van der Waals surface area contributed by atoms with Gasteiger partial charge in [0.15, 0.2) is 0 Å². The van der Waals surface area contributed by atoms with Crippen LogP contribution >= 0.6 is 0 Å². The molecule has 0 bridgehead atoms. The number of rotatable bonds is 3. The van der Waals surface area contributed by atoms with Crippen LogP contribution in [0.5, 0.6) is 0 Å². The molecule has 1 aliphatic carbocycles. The minimum absolute atomic E-state index is 0.214. The van der Waals surface area contributed by atoms with Gasteiger partial charge in [0.05, 0.1) is 11.5 Å². The minimum atomic E-state index is -0.283. The Morgan fingerprint density at radius 2 is 2.06 bits per heavy atom. The molecule has 4 heteroatoms. The van der Waals surface area contributed by atoms with Crippen molar-refractivity contribution >= 4 is 5.91 Å². The third kappa shape index (κ3) is 2.54. The molecule has 1 atom stereocenters. The number of nitrogens with zero attached hydrogens (tertiary/aromatic N) is 1. The maximum Gasteiger partial charge on any atom is 0.230 e. The van der Waals surface area contributed by atoms with E-state index >= 15 is 0 Å². The van der Waals surface area contributed by atoms with Gasteiger partial charge in [-0.25, -0.2) is 0 Å². The highest BCUT2D eigenvalue weighted by molar-refractivity contribution is 5.83. The summed E-state index contributed by atoms with van der Waals surface area (Å²) in [5.41, 5.74) is 5.66. The molecule has 1 aliphatic heterocycles. The number of carbonyl (C=O) groups excluding carboxylic acids is 1. The Labute approximate surface area is 110 Å². The molecule has 2 rings (SSSR count). The molecule has 2 fully saturated rings. The van der Waals surface area contributed by atoms with Gasteiger partial charge in [-0.1, -0.05) is 6.92 Å². The summed E-state index contributed by atoms with van der Waals surface area (Å²) in [5, 5.41) is 0. The molecule has 0 radical (unpaired) electrons. The molecule has 1 saturated carbocycles. The van der Waals surface area contributed by atoms with Crippen molar-refractivity contribution in [2.75, 3.05) is 26.7 Å². The van der Waals surface area contributed by atoms with Gasteiger partial charge < -0.3 is 15.4 Å². The highest BCUT2D eigenvalue weighted by Gasteiger charge is 2.43. The van der Waals surface area contributed by atoms with E-state index in [0.717, 1.165) is 51.1 Å². The number of ether oxygens (including phenoxy) is 1. The Morgan fingerprint density at radius 1 is 1.39 bits per heavy atom. The zero-order chi connectivity index (χ0) is 13.2. The van der Waals surface area contributed by atoms with Gasteiger partial charge in [0, 0.05) is 26.7 Å². The molecule has 2 aliphatic rings. The number of likely N-dealkylation sites (tertiary alicyclic amines) is 1. The molecule has 18 heavy (non-hydrogen) atoms. The summed E-state index contributed by atoms with van der Waals surface area (Å²) in [5.74, 6) is 1.01. The van der Waals surface area contributed by atoms with Crippen LogP contribution in [0, 0.1) is 11.3 Å². The second kappa shape index (κ2) is 5.57. The van der Waals surface area contributed by atoms with Gasteiger partial charge in [0.1, 0.15) is 0 Å². The molecule has 2 N–H and O–H groups in total. The molecule has 0 aromatic rings. The summed E-state index contributed by atoms with van der Waals surface area (Å²) in [6.45, 7) is 4.33. The van der Waals surface area contributed by atoms with Crippen LogP contribution in [0.25, 0.3) is 0 Å². The van der Waals surface area contributed by atoms with Gasteiger partial charge in [0.2, 0.25) is 5.91 Å². The first kappa shape index (κ1) is 13.8. The van der Waals surface area contributed by atoms with Crippen molar-refractivity contribution in [1.29, 1.82) is 0 Å². The van der Waals surface area contributed by atoms with E-state index in [9.17, 15) is 4.79 Å². The van der Waals surface area contributed by atoms with Crippen molar-refractivity contribution in [3.63, 3.8) is 0 Å². The molecule has 0 spiro atoms. The van der Waals surface area contributed by atoms with E-state index in [1.54, 1.807) is 7.11 Å². The van der Waals surface area contributed by atoms with Crippen LogP contribution in [-0.2, 0) is 9.53 Å². The lowest BCUT2D eigenvalue weighted by atomic mass is 9.70. The molecule has 1 amide bonds. The summed E-state index contributed by atoms with van der Waals surface area (Å²) < 4.78 is 5.34. The van der Waals surface area contributed by atoms with Crippen molar-refractivity contribution in [3.05, 3.63) is 0 Å². The first-order chi connectivity index (χ1) is 8.61. The van der Waals surface area contributed by atoms with E-state index in [1.807, 2.05) is 4.90 Å². The molecule has 104 valence electrons. The molecule has 1 unspecified atom stereocenters. The summed E-state index contributed by atoms with van der Waals surface area (Å²) in [6.07, 6.45) is 5.34. The van der Waals surface area contributed by atoms with Gasteiger partial charge in [-0.15, -0.1) is 0 Å². The van der Waals surface area contributed by atoms with Gasteiger partial charge in [-0.3, -0.25) is 4.79 Å². The smallest absolute Gasteiger partial charge is 0.230 e. The van der Waals surface area contributed by atoms with E-state index < -0.39 is 0 Å². The van der Waals surface area contributed by atoms with Crippen LogP contribution in [-0.4, -0.2) is 43.7 Å². The third-order valence-corrected chi connectivity index (χ3v) is 4.84. The lowest BCUT2D eigenvalue weighted by Crippen LogP contribution is -2.49. The number of amides is 1. The Balaban J connectivity index is 2.02. The van der Waals surface area contributed by atoms with E-state index in [1.165, 1.54) is 0 Å². The van der Waals surface area contributed by atoms with Gasteiger partial charge in [-0.2, -0.15) is 0 Å². The zero-order valence-corrected chi connectivity index (χ0v) is 11.7. The maximum absolute atomic E-state index is 12.7. The van der Waals surface area contributed by atoms with Crippen LogP contribution in [0.4, 0.5) is 0 Å². The Hall–Kier alpha value is -0.610. The molecule has 0 aromatic carbocycles. The number of carbonyl (C=O) groups is 1. The van der Waals surface area contributed by atoms with Crippen molar-refractivity contribution in [2.24, 2.45) is 17.1 Å². The minimum Gasteiger partial charge on any atom is -0.380 e. The number of hydrogen-bond donors (Lipinski definition) is 1. The van der Waals surface area contributed by atoms with Gasteiger partial charge >= 0.3 is 0 Å². The lowest BCUT2D eigenvalue weighted by Gasteiger charge is -2.39. The largest absolute Gasteiger partial charge is 0.380 e. The molecular formula is C14H26N2O2. The fraction of sp³-hybridized carbons (Fsp3) is 0.929. The average Bonchev–Trinajstić information content (AvgIpc) is 2.88. The zero-order valence-electron chi connectivity index (χ0n) is 11.7. The molecule has 1 heterocycles. The molecule has 0 aromatic heterocycles. The van der Waals surface area contributed by atoms with Crippen LogP contribution < -0.4 is 5.73 Å². The summed E-state index contributed by atoms with van der Waals surface area (Å²) in [6, 6.07) is 0. The standard InChI is InChI=1S/C14H26N2O2/c1-11-3-6-14(10-15,7-4-11)13(17)16-8-5-12(9-16)18-2/h11-12H,3-10,15H2,1-2H3.